The van der Waals surface area contributed by atoms with Crippen LogP contribution in [0.25, 0.3) is 16.6 Å². The molecule has 0 aliphatic carbocycles. The number of hydrogen-bond donors (Lipinski definition) is 1. The van der Waals surface area contributed by atoms with Gasteiger partial charge in [-0.25, -0.2) is 4.52 Å². The highest BCUT2D eigenvalue weighted by atomic mass is 16.3. The Morgan fingerprint density at radius 2 is 2.08 bits per heavy atom. The molecule has 0 radical (unpaired) electrons. The average Bonchev–Trinajstić information content (AvgIpc) is 3.25. The molecule has 0 spiro atoms. The Bertz CT molecular complexity index is 1150. The summed E-state index contributed by atoms with van der Waals surface area (Å²) in [6.07, 6.45) is 1.57. The van der Waals surface area contributed by atoms with E-state index in [1.165, 1.54) is 6.07 Å². The summed E-state index contributed by atoms with van der Waals surface area (Å²) in [4.78, 5) is 28.8. The summed E-state index contributed by atoms with van der Waals surface area (Å²) in [6, 6.07) is 12.2. The maximum Gasteiger partial charge on any atom is 0.273 e. The number of para-hydroxylation sites is 1. The minimum Gasteiger partial charge on any atom is -0.467 e. The molecule has 0 fully saturated rings. The topological polar surface area (TPSA) is 81.5 Å². The molecule has 0 unspecified atom stereocenters. The lowest BCUT2D eigenvalue weighted by atomic mass is 10.2. The van der Waals surface area contributed by atoms with Crippen molar-refractivity contribution in [1.29, 1.82) is 0 Å². The van der Waals surface area contributed by atoms with Crippen LogP contribution in [0.4, 0.5) is 0 Å². The Morgan fingerprint density at radius 3 is 2.85 bits per heavy atom. The van der Waals surface area contributed by atoms with Crippen LogP contribution in [0, 0.1) is 6.92 Å². The quantitative estimate of drug-likeness (QED) is 0.613. The van der Waals surface area contributed by atoms with E-state index in [0.717, 1.165) is 16.6 Å². The standard InChI is InChI=1S/C19H18N4O3/c1-12-10-17(24)21-18-15-7-3-4-8-16(15)23(22(12)18)13(2)19(25)20-11-14-6-5-9-26-14/h3-10,13H,11H2,1-2H3,(H,20,25)/t13-/m1/s1. The molecule has 3 heterocycles. The number of aromatic nitrogens is 3. The Hall–Kier alpha value is -3.35. The Kier molecular flexibility index (Phi) is 3.84. The first-order valence-electron chi connectivity index (χ1n) is 8.36. The second-order valence-corrected chi connectivity index (χ2v) is 6.21. The molecule has 26 heavy (non-hydrogen) atoms. The molecule has 4 rings (SSSR count). The predicted octanol–water partition coefficient (Wildman–Crippen LogP) is 2.43. The molecule has 0 bridgehead atoms. The molecule has 0 saturated carbocycles. The van der Waals surface area contributed by atoms with Crippen LogP contribution in [-0.2, 0) is 11.3 Å². The van der Waals surface area contributed by atoms with Crippen LogP contribution < -0.4 is 10.9 Å². The van der Waals surface area contributed by atoms with E-state index < -0.39 is 6.04 Å². The normalized spacial score (nSPS) is 12.5. The predicted molar refractivity (Wildman–Crippen MR) is 97.0 cm³/mol. The van der Waals surface area contributed by atoms with Gasteiger partial charge in [0.15, 0.2) is 5.65 Å². The van der Waals surface area contributed by atoms with Crippen molar-refractivity contribution < 1.29 is 9.21 Å². The maximum absolute atomic E-state index is 12.7. The lowest BCUT2D eigenvalue weighted by Gasteiger charge is -2.17. The van der Waals surface area contributed by atoms with Crippen LogP contribution in [0.2, 0.25) is 0 Å². The van der Waals surface area contributed by atoms with Crippen molar-refractivity contribution in [1.82, 2.24) is 19.5 Å². The first-order chi connectivity index (χ1) is 12.6. The van der Waals surface area contributed by atoms with Crippen molar-refractivity contribution >= 4 is 22.5 Å². The van der Waals surface area contributed by atoms with E-state index in [-0.39, 0.29) is 11.5 Å². The largest absolute Gasteiger partial charge is 0.467 e. The van der Waals surface area contributed by atoms with Crippen molar-refractivity contribution in [2.45, 2.75) is 26.4 Å². The van der Waals surface area contributed by atoms with E-state index in [1.54, 1.807) is 12.3 Å². The fourth-order valence-corrected chi connectivity index (χ4v) is 3.24. The van der Waals surface area contributed by atoms with Crippen molar-refractivity contribution in [3.05, 3.63) is 70.5 Å². The Morgan fingerprint density at radius 1 is 1.27 bits per heavy atom. The summed E-state index contributed by atoms with van der Waals surface area (Å²) >= 11 is 0. The van der Waals surface area contributed by atoms with Gasteiger partial charge in [-0.1, -0.05) is 12.1 Å². The molecule has 7 nitrogen and oxygen atoms in total. The van der Waals surface area contributed by atoms with Gasteiger partial charge in [-0.05, 0) is 38.1 Å². The third-order valence-corrected chi connectivity index (χ3v) is 4.45. The van der Waals surface area contributed by atoms with Crippen LogP contribution in [0.15, 0.2) is 57.9 Å². The van der Waals surface area contributed by atoms with Crippen molar-refractivity contribution in [3.8, 4) is 0 Å². The summed E-state index contributed by atoms with van der Waals surface area (Å²) in [5.41, 5.74) is 1.83. The fourth-order valence-electron chi connectivity index (χ4n) is 3.24. The molecule has 0 saturated heterocycles. The number of fused-ring (bicyclic) bond motifs is 3. The van der Waals surface area contributed by atoms with Crippen LogP contribution in [0.3, 0.4) is 0 Å². The second-order valence-electron chi connectivity index (χ2n) is 6.21. The van der Waals surface area contributed by atoms with Gasteiger partial charge in [-0.2, -0.15) is 4.98 Å². The highest BCUT2D eigenvalue weighted by molar-refractivity contribution is 5.94. The molecule has 0 aliphatic heterocycles. The molecule has 132 valence electrons. The molecule has 7 heteroatoms. The average molecular weight is 350 g/mol. The SMILES string of the molecule is Cc1cc(=O)nc2c3ccccc3n([C@H](C)C(=O)NCc3ccco3)n12. The molecular formula is C19H18N4O3. The Balaban J connectivity index is 1.81. The Labute approximate surface area is 148 Å². The van der Waals surface area contributed by atoms with Gasteiger partial charge in [0.2, 0.25) is 5.91 Å². The van der Waals surface area contributed by atoms with Gasteiger partial charge in [0, 0.05) is 17.1 Å². The number of benzene rings is 1. The van der Waals surface area contributed by atoms with Crippen LogP contribution in [-0.4, -0.2) is 20.1 Å². The minimum absolute atomic E-state index is 0.151. The third kappa shape index (κ3) is 2.57. The zero-order valence-electron chi connectivity index (χ0n) is 14.5. The van der Waals surface area contributed by atoms with Gasteiger partial charge in [-0.15, -0.1) is 0 Å². The van der Waals surface area contributed by atoms with Gasteiger partial charge >= 0.3 is 0 Å². The van der Waals surface area contributed by atoms with E-state index in [2.05, 4.69) is 10.3 Å². The van der Waals surface area contributed by atoms with Gasteiger partial charge in [0.1, 0.15) is 11.8 Å². The summed E-state index contributed by atoms with van der Waals surface area (Å²) in [5, 5.41) is 3.72. The number of amides is 1. The number of nitrogens with one attached hydrogen (secondary N) is 1. The summed E-state index contributed by atoms with van der Waals surface area (Å²) in [7, 11) is 0. The monoisotopic (exact) mass is 350 g/mol. The highest BCUT2D eigenvalue weighted by Crippen LogP contribution is 2.25. The first-order valence-corrected chi connectivity index (χ1v) is 8.36. The van der Waals surface area contributed by atoms with Crippen molar-refractivity contribution in [3.63, 3.8) is 0 Å². The highest BCUT2D eigenvalue weighted by Gasteiger charge is 2.22. The van der Waals surface area contributed by atoms with Gasteiger partial charge in [-0.3, -0.25) is 14.3 Å². The lowest BCUT2D eigenvalue weighted by molar-refractivity contribution is -0.124. The molecule has 1 amide bonds. The van der Waals surface area contributed by atoms with E-state index >= 15 is 0 Å². The van der Waals surface area contributed by atoms with Crippen LogP contribution in [0.5, 0.6) is 0 Å². The first kappa shape index (κ1) is 16.1. The number of carbonyl (C=O) groups is 1. The summed E-state index contributed by atoms with van der Waals surface area (Å²) in [5.74, 6) is 0.538. The van der Waals surface area contributed by atoms with Crippen molar-refractivity contribution in [2.24, 2.45) is 0 Å². The number of nitrogens with zero attached hydrogens (tertiary/aromatic N) is 3. The van der Waals surface area contributed by atoms with Crippen molar-refractivity contribution in [2.75, 3.05) is 0 Å². The molecule has 0 aliphatic rings. The maximum atomic E-state index is 12.7. The van der Waals surface area contributed by atoms with E-state index in [0.29, 0.717) is 18.0 Å². The van der Waals surface area contributed by atoms with Crippen LogP contribution in [0.1, 0.15) is 24.4 Å². The molecule has 1 aromatic carbocycles. The number of hydrogen-bond acceptors (Lipinski definition) is 4. The van der Waals surface area contributed by atoms with E-state index in [1.807, 2.05) is 53.4 Å². The van der Waals surface area contributed by atoms with Gasteiger partial charge < -0.3 is 9.73 Å². The smallest absolute Gasteiger partial charge is 0.273 e. The molecule has 1 atom stereocenters. The van der Waals surface area contributed by atoms with Gasteiger partial charge in [0.05, 0.1) is 18.3 Å². The molecule has 1 N–H and O–H groups in total. The zero-order chi connectivity index (χ0) is 18.3. The number of carbonyl (C=O) groups excluding carboxylic acids is 1. The summed E-state index contributed by atoms with van der Waals surface area (Å²) < 4.78 is 8.94. The molecule has 3 aromatic heterocycles. The lowest BCUT2D eigenvalue weighted by Crippen LogP contribution is -2.32. The summed E-state index contributed by atoms with van der Waals surface area (Å²) in [6.45, 7) is 3.97. The second kappa shape index (κ2) is 6.18. The minimum atomic E-state index is -0.504. The number of furan rings is 1. The zero-order valence-corrected chi connectivity index (χ0v) is 14.5. The van der Waals surface area contributed by atoms with Crippen LogP contribution >= 0.6 is 0 Å². The number of rotatable bonds is 4. The van der Waals surface area contributed by atoms with E-state index in [9.17, 15) is 9.59 Å². The fraction of sp³-hybridized carbons (Fsp3) is 0.211. The molecule has 4 aromatic rings. The number of aryl methyl sites for hydroxylation is 1. The third-order valence-electron chi connectivity index (χ3n) is 4.45. The molecular weight excluding hydrogens is 332 g/mol. The van der Waals surface area contributed by atoms with Gasteiger partial charge in [0.25, 0.3) is 5.56 Å². The van der Waals surface area contributed by atoms with E-state index in [4.69, 9.17) is 4.42 Å².